The van der Waals surface area contributed by atoms with Gasteiger partial charge < -0.3 is 10.6 Å². The van der Waals surface area contributed by atoms with Gasteiger partial charge in [0.15, 0.2) is 5.82 Å². The highest BCUT2D eigenvalue weighted by molar-refractivity contribution is 5.89. The second kappa shape index (κ2) is 8.76. The molecule has 0 unspecified atom stereocenters. The summed E-state index contributed by atoms with van der Waals surface area (Å²) in [5.41, 5.74) is 1.53. The van der Waals surface area contributed by atoms with Crippen LogP contribution in [-0.4, -0.2) is 27.8 Å². The van der Waals surface area contributed by atoms with Crippen LogP contribution in [0.3, 0.4) is 0 Å². The first-order valence-electron chi connectivity index (χ1n) is 8.97. The van der Waals surface area contributed by atoms with E-state index >= 15 is 0 Å². The number of hydrogen-bond acceptors (Lipinski definition) is 3. The van der Waals surface area contributed by atoms with Gasteiger partial charge in [-0.3, -0.25) is 5.10 Å². The van der Waals surface area contributed by atoms with Crippen LogP contribution < -0.4 is 10.6 Å². The molecule has 9 heteroatoms. The fourth-order valence-electron chi connectivity index (χ4n) is 2.78. The monoisotopic (exact) mass is 403 g/mol. The lowest BCUT2D eigenvalue weighted by Gasteiger charge is -2.10. The van der Waals surface area contributed by atoms with Gasteiger partial charge in [0.2, 0.25) is 0 Å². The zero-order valence-corrected chi connectivity index (χ0v) is 15.7. The Balaban J connectivity index is 1.47. The Morgan fingerprint density at radius 3 is 2.69 bits per heavy atom. The van der Waals surface area contributed by atoms with Crippen LogP contribution in [0.4, 0.5) is 23.7 Å². The van der Waals surface area contributed by atoms with Gasteiger partial charge in [0, 0.05) is 25.1 Å². The zero-order chi connectivity index (χ0) is 20.9. The maximum Gasteiger partial charge on any atom is 0.416 e. The van der Waals surface area contributed by atoms with Crippen molar-refractivity contribution in [2.24, 2.45) is 0 Å². The summed E-state index contributed by atoms with van der Waals surface area (Å²) in [6, 6.07) is 11.9. The van der Waals surface area contributed by atoms with E-state index in [1.807, 2.05) is 25.1 Å². The van der Waals surface area contributed by atoms with Crippen molar-refractivity contribution in [3.8, 4) is 0 Å². The number of aromatic amines is 1. The number of H-pyrrole nitrogens is 1. The van der Waals surface area contributed by atoms with Gasteiger partial charge >= 0.3 is 12.2 Å². The molecule has 0 fully saturated rings. The number of hydrogen-bond donors (Lipinski definition) is 3. The number of anilines is 1. The van der Waals surface area contributed by atoms with E-state index in [0.29, 0.717) is 18.7 Å². The number of aromatic nitrogens is 3. The number of rotatable bonds is 6. The zero-order valence-electron chi connectivity index (χ0n) is 15.7. The van der Waals surface area contributed by atoms with Crippen molar-refractivity contribution in [3.05, 3.63) is 76.9 Å². The largest absolute Gasteiger partial charge is 0.416 e. The quantitative estimate of drug-likeness (QED) is 0.580. The Labute approximate surface area is 165 Å². The smallest absolute Gasteiger partial charge is 0.337 e. The fourth-order valence-corrected chi connectivity index (χ4v) is 2.78. The van der Waals surface area contributed by atoms with Crippen molar-refractivity contribution in [1.29, 1.82) is 0 Å². The molecule has 3 rings (SSSR count). The molecule has 0 aliphatic rings. The summed E-state index contributed by atoms with van der Waals surface area (Å²) < 4.78 is 38.1. The molecule has 3 N–H and O–H groups in total. The van der Waals surface area contributed by atoms with E-state index in [4.69, 9.17) is 0 Å². The van der Waals surface area contributed by atoms with Crippen molar-refractivity contribution in [2.45, 2.75) is 25.9 Å². The van der Waals surface area contributed by atoms with Crippen LogP contribution >= 0.6 is 0 Å². The molecule has 0 aliphatic heterocycles. The number of amides is 2. The lowest BCUT2D eigenvalue weighted by Crippen LogP contribution is -2.30. The molecule has 29 heavy (non-hydrogen) atoms. The minimum absolute atomic E-state index is 0.0654. The summed E-state index contributed by atoms with van der Waals surface area (Å²) in [6.45, 7) is 2.26. The van der Waals surface area contributed by atoms with E-state index in [9.17, 15) is 18.0 Å². The summed E-state index contributed by atoms with van der Waals surface area (Å²) in [5, 5.41) is 12.0. The fraction of sp³-hybridized carbons (Fsp3) is 0.250. The summed E-state index contributed by atoms with van der Waals surface area (Å²) in [4.78, 5) is 16.3. The minimum Gasteiger partial charge on any atom is -0.337 e. The second-order valence-electron chi connectivity index (χ2n) is 6.57. The molecule has 0 atom stereocenters. The number of carbonyl (C=O) groups excluding carboxylic acids is 1. The minimum atomic E-state index is -4.46. The van der Waals surface area contributed by atoms with E-state index in [1.54, 1.807) is 0 Å². The molecule has 2 aromatic carbocycles. The molecule has 0 saturated carbocycles. The van der Waals surface area contributed by atoms with Crippen LogP contribution in [0.5, 0.6) is 0 Å². The van der Waals surface area contributed by atoms with Crippen LogP contribution in [0.1, 0.15) is 28.3 Å². The normalized spacial score (nSPS) is 11.3. The predicted molar refractivity (Wildman–Crippen MR) is 103 cm³/mol. The third-order valence-electron chi connectivity index (χ3n) is 4.11. The number of nitrogens with zero attached hydrogens (tertiary/aromatic N) is 2. The molecule has 0 saturated heterocycles. The van der Waals surface area contributed by atoms with Gasteiger partial charge in [-0.2, -0.15) is 18.3 Å². The van der Waals surface area contributed by atoms with Crippen LogP contribution in [-0.2, 0) is 19.0 Å². The molecule has 1 heterocycles. The third-order valence-corrected chi connectivity index (χ3v) is 4.11. The summed E-state index contributed by atoms with van der Waals surface area (Å²) in [6.07, 6.45) is -3.45. The Morgan fingerprint density at radius 2 is 1.93 bits per heavy atom. The standard InChI is InChI=1S/C20H20F3N5O/c1-13-4-2-5-14(10-13)11-18-26-17(27-28-18)8-9-24-19(29)25-16-7-3-6-15(12-16)20(21,22)23/h2-7,10,12H,8-9,11H2,1H3,(H2,24,25,29)(H,26,27,28). The van der Waals surface area contributed by atoms with Gasteiger partial charge in [-0.05, 0) is 30.7 Å². The topological polar surface area (TPSA) is 82.7 Å². The molecule has 3 aromatic rings. The number of alkyl halides is 3. The lowest BCUT2D eigenvalue weighted by atomic mass is 10.1. The van der Waals surface area contributed by atoms with Gasteiger partial charge in [-0.1, -0.05) is 35.9 Å². The number of nitrogens with one attached hydrogen (secondary N) is 3. The molecule has 0 bridgehead atoms. The number of benzene rings is 2. The van der Waals surface area contributed by atoms with Crippen LogP contribution in [0.2, 0.25) is 0 Å². The molecule has 0 aliphatic carbocycles. The second-order valence-corrected chi connectivity index (χ2v) is 6.57. The highest BCUT2D eigenvalue weighted by atomic mass is 19.4. The van der Waals surface area contributed by atoms with Crippen LogP contribution in [0.25, 0.3) is 0 Å². The molecule has 152 valence electrons. The van der Waals surface area contributed by atoms with Crippen molar-refractivity contribution in [2.75, 3.05) is 11.9 Å². The Morgan fingerprint density at radius 1 is 1.14 bits per heavy atom. The molecular formula is C20H20F3N5O. The molecule has 0 radical (unpaired) electrons. The van der Waals surface area contributed by atoms with Crippen molar-refractivity contribution in [1.82, 2.24) is 20.5 Å². The Kier molecular flexibility index (Phi) is 6.16. The average molecular weight is 403 g/mol. The van der Waals surface area contributed by atoms with Gasteiger partial charge in [0.05, 0.1) is 5.56 Å². The average Bonchev–Trinajstić information content (AvgIpc) is 3.08. The van der Waals surface area contributed by atoms with Gasteiger partial charge in [0.1, 0.15) is 5.82 Å². The first-order chi connectivity index (χ1) is 13.8. The first-order valence-corrected chi connectivity index (χ1v) is 8.97. The molecule has 2 amide bonds. The third kappa shape index (κ3) is 6.06. The molecular weight excluding hydrogens is 383 g/mol. The van der Waals surface area contributed by atoms with Crippen LogP contribution in [0.15, 0.2) is 48.5 Å². The summed E-state index contributed by atoms with van der Waals surface area (Å²) in [7, 11) is 0. The maximum absolute atomic E-state index is 12.7. The number of aryl methyl sites for hydroxylation is 1. The Bertz CT molecular complexity index is 984. The lowest BCUT2D eigenvalue weighted by molar-refractivity contribution is -0.137. The number of halogens is 3. The molecule has 6 nitrogen and oxygen atoms in total. The van der Waals surface area contributed by atoms with Gasteiger partial charge in [-0.25, -0.2) is 9.78 Å². The maximum atomic E-state index is 12.7. The highest BCUT2D eigenvalue weighted by Gasteiger charge is 2.30. The van der Waals surface area contributed by atoms with E-state index in [0.717, 1.165) is 23.5 Å². The van der Waals surface area contributed by atoms with Crippen LogP contribution in [0, 0.1) is 6.92 Å². The predicted octanol–water partition coefficient (Wildman–Crippen LogP) is 4.09. The highest BCUT2D eigenvalue weighted by Crippen LogP contribution is 2.30. The van der Waals surface area contributed by atoms with Crippen molar-refractivity contribution >= 4 is 11.7 Å². The van der Waals surface area contributed by atoms with E-state index in [1.165, 1.54) is 17.7 Å². The summed E-state index contributed by atoms with van der Waals surface area (Å²) in [5.74, 6) is 1.27. The van der Waals surface area contributed by atoms with E-state index < -0.39 is 17.8 Å². The SMILES string of the molecule is Cc1cccc(Cc2nc(CCNC(=O)Nc3cccc(C(F)(F)F)c3)n[nH]2)c1. The Hall–Kier alpha value is -3.36. The van der Waals surface area contributed by atoms with E-state index in [-0.39, 0.29) is 12.2 Å². The summed E-state index contributed by atoms with van der Waals surface area (Å²) >= 11 is 0. The molecule has 0 spiro atoms. The van der Waals surface area contributed by atoms with Gasteiger partial charge in [0.25, 0.3) is 0 Å². The van der Waals surface area contributed by atoms with Gasteiger partial charge in [-0.15, -0.1) is 0 Å². The number of carbonyl (C=O) groups is 1. The van der Waals surface area contributed by atoms with E-state index in [2.05, 4.69) is 31.9 Å². The first kappa shape index (κ1) is 20.4. The van der Waals surface area contributed by atoms with Crippen molar-refractivity contribution in [3.63, 3.8) is 0 Å². The number of urea groups is 1. The van der Waals surface area contributed by atoms with Crippen molar-refractivity contribution < 1.29 is 18.0 Å². The molecule has 1 aromatic heterocycles.